The van der Waals surface area contributed by atoms with Gasteiger partial charge in [0.05, 0.1) is 11.8 Å². The molecule has 0 aromatic rings. The molecule has 1 fully saturated rings. The first-order valence-electron chi connectivity index (χ1n) is 4.81. The smallest absolute Gasteiger partial charge is 0.148 e. The minimum Gasteiger partial charge on any atom is -0.302 e. The number of hydrogen-bond donors (Lipinski definition) is 0. The van der Waals surface area contributed by atoms with Crippen LogP contribution in [0.1, 0.15) is 12.8 Å². The van der Waals surface area contributed by atoms with Crippen LogP contribution in [0.4, 0.5) is 0 Å². The summed E-state index contributed by atoms with van der Waals surface area (Å²) in [5.41, 5.74) is 0. The van der Waals surface area contributed by atoms with Crippen LogP contribution < -0.4 is 0 Å². The summed E-state index contributed by atoms with van der Waals surface area (Å²) in [5.74, 6) is 0.397. The molecule has 1 aliphatic heterocycles. The molecule has 14 heavy (non-hydrogen) atoms. The predicted octanol–water partition coefficient (Wildman–Crippen LogP) is 0.267. The van der Waals surface area contributed by atoms with Crippen LogP contribution in [0.25, 0.3) is 0 Å². The lowest BCUT2D eigenvalue weighted by molar-refractivity contribution is 0.216. The van der Waals surface area contributed by atoms with Crippen molar-refractivity contribution < 1.29 is 8.42 Å². The van der Waals surface area contributed by atoms with E-state index in [1.807, 2.05) is 0 Å². The Balaban J connectivity index is 2.27. The first-order valence-corrected chi connectivity index (χ1v) is 6.87. The predicted molar refractivity (Wildman–Crippen MR) is 54.5 cm³/mol. The second kappa shape index (κ2) is 4.76. The Morgan fingerprint density at radius 3 is 2.43 bits per heavy atom. The summed E-state index contributed by atoms with van der Waals surface area (Å²) < 4.78 is 21.8. The monoisotopic (exact) mass is 216 g/mol. The number of hydrogen-bond acceptors (Lipinski definition) is 4. The molecule has 1 rings (SSSR count). The van der Waals surface area contributed by atoms with Gasteiger partial charge < -0.3 is 4.90 Å². The van der Waals surface area contributed by atoms with Crippen molar-refractivity contribution in [3.8, 4) is 6.07 Å². The van der Waals surface area contributed by atoms with Gasteiger partial charge in [0.15, 0.2) is 0 Å². The largest absolute Gasteiger partial charge is 0.302 e. The van der Waals surface area contributed by atoms with Crippen LogP contribution in [0.5, 0.6) is 0 Å². The molecule has 4 nitrogen and oxygen atoms in total. The van der Waals surface area contributed by atoms with Gasteiger partial charge in [-0.15, -0.1) is 0 Å². The zero-order valence-corrected chi connectivity index (χ0v) is 9.26. The first-order chi connectivity index (χ1) is 6.51. The molecular formula is C9H16N2O2S. The van der Waals surface area contributed by atoms with Gasteiger partial charge in [-0.25, -0.2) is 8.42 Å². The summed E-state index contributed by atoms with van der Waals surface area (Å²) in [6.45, 7) is 2.32. The van der Waals surface area contributed by atoms with E-state index in [2.05, 4.69) is 11.0 Å². The van der Waals surface area contributed by atoms with Crippen molar-refractivity contribution in [3.05, 3.63) is 0 Å². The Kier molecular flexibility index (Phi) is 3.90. The molecule has 1 saturated heterocycles. The third-order valence-corrected chi connectivity index (χ3v) is 3.47. The van der Waals surface area contributed by atoms with E-state index in [0.29, 0.717) is 6.54 Å². The van der Waals surface area contributed by atoms with Gasteiger partial charge in [-0.3, -0.25) is 0 Å². The van der Waals surface area contributed by atoms with Gasteiger partial charge >= 0.3 is 0 Å². The summed E-state index contributed by atoms with van der Waals surface area (Å²) in [6.07, 6.45) is 3.01. The van der Waals surface area contributed by atoms with E-state index in [9.17, 15) is 8.42 Å². The molecule has 0 saturated carbocycles. The Morgan fingerprint density at radius 2 is 2.00 bits per heavy atom. The zero-order chi connectivity index (χ0) is 10.6. The topological polar surface area (TPSA) is 61.2 Å². The van der Waals surface area contributed by atoms with Crippen LogP contribution in [0.15, 0.2) is 0 Å². The summed E-state index contributed by atoms with van der Waals surface area (Å²) >= 11 is 0. The quantitative estimate of drug-likeness (QED) is 0.679. The number of nitrogens with zero attached hydrogens (tertiary/aromatic N) is 2. The van der Waals surface area contributed by atoms with E-state index in [1.165, 1.54) is 6.26 Å². The second-order valence-electron chi connectivity index (χ2n) is 3.87. The Bertz CT molecular complexity index is 310. The molecule has 0 aromatic heterocycles. The lowest BCUT2D eigenvalue weighted by atomic mass is 9.99. The fraction of sp³-hybridized carbons (Fsp3) is 0.889. The van der Waals surface area contributed by atoms with Crippen molar-refractivity contribution in [1.82, 2.24) is 4.90 Å². The highest BCUT2D eigenvalue weighted by Crippen LogP contribution is 2.15. The number of likely N-dealkylation sites (tertiary alicyclic amines) is 1. The highest BCUT2D eigenvalue weighted by atomic mass is 32.2. The fourth-order valence-electron chi connectivity index (χ4n) is 1.58. The molecule has 0 amide bonds. The molecule has 0 spiro atoms. The van der Waals surface area contributed by atoms with Crippen LogP contribution in [0, 0.1) is 17.2 Å². The second-order valence-corrected chi connectivity index (χ2v) is 6.13. The number of nitriles is 1. The first kappa shape index (κ1) is 11.5. The van der Waals surface area contributed by atoms with Crippen molar-refractivity contribution in [2.24, 2.45) is 5.92 Å². The SMILES string of the molecule is CS(=O)(=O)CCN1CCC(C#N)CC1. The maximum atomic E-state index is 10.9. The van der Waals surface area contributed by atoms with Crippen molar-refractivity contribution >= 4 is 9.84 Å². The molecule has 5 heteroatoms. The number of piperidine rings is 1. The van der Waals surface area contributed by atoms with Gasteiger partial charge in [-0.2, -0.15) is 5.26 Å². The molecule has 0 aliphatic carbocycles. The van der Waals surface area contributed by atoms with Gasteiger partial charge in [0.2, 0.25) is 0 Å². The summed E-state index contributed by atoms with van der Waals surface area (Å²) in [6, 6.07) is 2.25. The number of rotatable bonds is 3. The Labute approximate surface area is 85.4 Å². The van der Waals surface area contributed by atoms with E-state index < -0.39 is 9.84 Å². The summed E-state index contributed by atoms with van der Waals surface area (Å²) in [4.78, 5) is 2.12. The molecule has 80 valence electrons. The van der Waals surface area contributed by atoms with E-state index >= 15 is 0 Å². The van der Waals surface area contributed by atoms with Crippen molar-refractivity contribution in [1.29, 1.82) is 5.26 Å². The molecule has 0 aromatic carbocycles. The van der Waals surface area contributed by atoms with Crippen molar-refractivity contribution in [2.45, 2.75) is 12.8 Å². The van der Waals surface area contributed by atoms with Gasteiger partial charge in [0.1, 0.15) is 9.84 Å². The molecule has 1 heterocycles. The van der Waals surface area contributed by atoms with Crippen LogP contribution >= 0.6 is 0 Å². The lowest BCUT2D eigenvalue weighted by Crippen LogP contribution is -2.36. The Morgan fingerprint density at radius 1 is 1.43 bits per heavy atom. The van der Waals surface area contributed by atoms with E-state index in [4.69, 9.17) is 5.26 Å². The van der Waals surface area contributed by atoms with E-state index in [0.717, 1.165) is 25.9 Å². The molecule has 0 atom stereocenters. The van der Waals surface area contributed by atoms with Gasteiger partial charge in [0, 0.05) is 18.7 Å². The summed E-state index contributed by atoms with van der Waals surface area (Å²) in [5, 5.41) is 8.67. The fourth-order valence-corrected chi connectivity index (χ4v) is 2.17. The van der Waals surface area contributed by atoms with Crippen LogP contribution in [-0.4, -0.2) is 45.0 Å². The van der Waals surface area contributed by atoms with Gasteiger partial charge in [-0.05, 0) is 25.9 Å². The highest BCUT2D eigenvalue weighted by Gasteiger charge is 2.19. The van der Waals surface area contributed by atoms with Gasteiger partial charge in [-0.1, -0.05) is 0 Å². The maximum absolute atomic E-state index is 10.9. The highest BCUT2D eigenvalue weighted by molar-refractivity contribution is 7.90. The van der Waals surface area contributed by atoms with Crippen LogP contribution in [0.2, 0.25) is 0 Å². The lowest BCUT2D eigenvalue weighted by Gasteiger charge is -2.28. The maximum Gasteiger partial charge on any atom is 0.148 e. The third kappa shape index (κ3) is 4.07. The minimum absolute atomic E-state index is 0.171. The molecule has 1 aliphatic rings. The minimum atomic E-state index is -2.85. The van der Waals surface area contributed by atoms with E-state index in [-0.39, 0.29) is 11.7 Å². The molecule has 0 N–H and O–H groups in total. The normalized spacial score (nSPS) is 20.6. The van der Waals surface area contributed by atoms with Crippen LogP contribution in [0.3, 0.4) is 0 Å². The van der Waals surface area contributed by atoms with Crippen molar-refractivity contribution in [3.63, 3.8) is 0 Å². The molecular weight excluding hydrogens is 200 g/mol. The van der Waals surface area contributed by atoms with Gasteiger partial charge in [0.25, 0.3) is 0 Å². The average Bonchev–Trinajstić information content (AvgIpc) is 2.14. The molecule has 0 radical (unpaired) electrons. The van der Waals surface area contributed by atoms with Crippen LogP contribution in [-0.2, 0) is 9.84 Å². The average molecular weight is 216 g/mol. The third-order valence-electron chi connectivity index (χ3n) is 2.55. The van der Waals surface area contributed by atoms with E-state index in [1.54, 1.807) is 0 Å². The molecule has 0 bridgehead atoms. The molecule has 0 unspecified atom stereocenters. The summed E-state index contributed by atoms with van der Waals surface area (Å²) in [7, 11) is -2.85. The standard InChI is InChI=1S/C9H16N2O2S/c1-14(12,13)7-6-11-4-2-9(8-10)3-5-11/h9H,2-7H2,1H3. The number of sulfone groups is 1. The Hall–Kier alpha value is -0.600. The van der Waals surface area contributed by atoms with Crippen molar-refractivity contribution in [2.75, 3.05) is 31.6 Å². The zero-order valence-electron chi connectivity index (χ0n) is 8.44.